The van der Waals surface area contributed by atoms with Crippen LogP contribution in [0.1, 0.15) is 74.1 Å². The van der Waals surface area contributed by atoms with Gasteiger partial charge in [-0.25, -0.2) is 0 Å². The molecule has 0 aliphatic heterocycles. The Morgan fingerprint density at radius 3 is 1.35 bits per heavy atom. The van der Waals surface area contributed by atoms with Crippen LogP contribution >= 0.6 is 34.5 Å². The Morgan fingerprint density at radius 1 is 0.633 bits per heavy atom. The maximum absolute atomic E-state index is 12.9. The van der Waals surface area contributed by atoms with Crippen LogP contribution in [0.25, 0.3) is 43.6 Å². The van der Waals surface area contributed by atoms with E-state index in [0.29, 0.717) is 55.4 Å². The summed E-state index contributed by atoms with van der Waals surface area (Å²) in [7, 11) is 0. The van der Waals surface area contributed by atoms with Crippen LogP contribution < -0.4 is 5.00 Å². The van der Waals surface area contributed by atoms with Gasteiger partial charge in [-0.3, -0.25) is 14.4 Å². The van der Waals surface area contributed by atoms with E-state index >= 15 is 0 Å². The smallest absolute Gasteiger partial charge is 0.202 e. The fourth-order valence-corrected chi connectivity index (χ4v) is 8.55. The average molecular weight is 865 g/mol. The van der Waals surface area contributed by atoms with Gasteiger partial charge in [-0.2, -0.15) is 0 Å². The van der Waals surface area contributed by atoms with Crippen molar-refractivity contribution in [1.29, 1.82) is 0 Å². The number of carbonyl (C=O) groups is 3. The molecule has 0 bridgehead atoms. The third-order valence-corrected chi connectivity index (χ3v) is 11.8. The third-order valence-electron chi connectivity index (χ3n) is 10.0. The maximum Gasteiger partial charge on any atom is 0.202 e. The van der Waals surface area contributed by atoms with E-state index in [1.54, 1.807) is 13.8 Å². The highest BCUT2D eigenvalue weighted by atomic mass is 35.5. The zero-order valence-corrected chi connectivity index (χ0v) is 36.0. The van der Waals surface area contributed by atoms with Crippen LogP contribution in [0.3, 0.4) is 0 Å². The minimum absolute atomic E-state index is 0.0230. The number of benzene rings is 4. The molecule has 4 aromatic heterocycles. The van der Waals surface area contributed by atoms with Crippen LogP contribution in [0.2, 0.25) is 0 Å². The van der Waals surface area contributed by atoms with E-state index < -0.39 is 0 Å². The molecular formula is C46H45ClN4O7S2. The van der Waals surface area contributed by atoms with Crippen LogP contribution in [0.4, 0.5) is 0 Å². The molecule has 4 aromatic carbocycles. The summed E-state index contributed by atoms with van der Waals surface area (Å²) < 4.78 is 15.5. The Labute approximate surface area is 360 Å². The largest absolute Gasteiger partial charge is 0.411 e. The SMILES string of the molecule is CCOCCn1c2ccc(C(=O)c3cccs3)cc2c2cc(/C(C)=N/O)ccc21.CCOCCn1c2ccc(C(C)=O)cc2c2cc(C(=O)c3cccs3)ccc21.ONCl. The first-order chi connectivity index (χ1) is 29.1. The minimum atomic E-state index is 0.0230. The fourth-order valence-electron chi connectivity index (χ4n) is 7.17. The number of Topliss-reactive ketones (excluding diaryl/α,β-unsaturated/α-hetero) is 1. The second-order valence-electron chi connectivity index (χ2n) is 13.6. The Balaban J connectivity index is 0.000000189. The first kappa shape index (κ1) is 44.1. The number of thiophene rings is 2. The van der Waals surface area contributed by atoms with Crippen LogP contribution in [-0.4, -0.2) is 69.0 Å². The van der Waals surface area contributed by atoms with Gasteiger partial charge in [0.25, 0.3) is 0 Å². The normalized spacial score (nSPS) is 11.5. The first-order valence-electron chi connectivity index (χ1n) is 19.3. The van der Waals surface area contributed by atoms with E-state index in [0.717, 1.165) is 65.5 Å². The summed E-state index contributed by atoms with van der Waals surface area (Å²) in [5.41, 5.74) is 7.60. The molecule has 4 heterocycles. The summed E-state index contributed by atoms with van der Waals surface area (Å²) in [6.07, 6.45) is 0. The lowest BCUT2D eigenvalue weighted by Gasteiger charge is -2.08. The number of ketones is 3. The van der Waals surface area contributed by atoms with Gasteiger partial charge in [-0.1, -0.05) is 23.4 Å². The summed E-state index contributed by atoms with van der Waals surface area (Å²) in [6.45, 7) is 11.3. The number of nitrogens with one attached hydrogen (secondary N) is 1. The van der Waals surface area contributed by atoms with Crippen molar-refractivity contribution >= 4 is 101 Å². The molecule has 0 aliphatic carbocycles. The number of nitrogens with zero attached hydrogens (tertiary/aromatic N) is 3. The number of halogens is 1. The molecule has 0 amide bonds. The number of rotatable bonds is 14. The summed E-state index contributed by atoms with van der Waals surface area (Å²) >= 11 is 7.20. The summed E-state index contributed by atoms with van der Waals surface area (Å²) in [5.74, 6) is 0.0825. The van der Waals surface area contributed by atoms with Gasteiger partial charge in [-0.15, -0.1) is 27.7 Å². The predicted molar refractivity (Wildman–Crippen MR) is 242 cm³/mol. The second-order valence-corrected chi connectivity index (χ2v) is 15.6. The van der Waals surface area contributed by atoms with Gasteiger partial charge >= 0.3 is 0 Å². The van der Waals surface area contributed by atoms with Crippen molar-refractivity contribution in [3.05, 3.63) is 140 Å². The van der Waals surface area contributed by atoms with Gasteiger partial charge in [0.1, 0.15) is 0 Å². The molecule has 60 heavy (non-hydrogen) atoms. The van der Waals surface area contributed by atoms with E-state index in [2.05, 4.69) is 26.1 Å². The molecule has 0 aliphatic rings. The van der Waals surface area contributed by atoms with Crippen molar-refractivity contribution in [2.45, 2.75) is 40.8 Å². The van der Waals surface area contributed by atoms with E-state index in [1.807, 2.05) is 122 Å². The lowest BCUT2D eigenvalue weighted by Crippen LogP contribution is -2.06. The highest BCUT2D eigenvalue weighted by Gasteiger charge is 2.18. The number of hydrogen-bond acceptors (Lipinski definition) is 11. The maximum atomic E-state index is 12.9. The number of oxime groups is 1. The van der Waals surface area contributed by atoms with Crippen molar-refractivity contribution in [3.8, 4) is 0 Å². The molecule has 14 heteroatoms. The molecule has 3 N–H and O–H groups in total. The molecule has 0 spiro atoms. The van der Waals surface area contributed by atoms with E-state index in [-0.39, 0.29) is 17.3 Å². The first-order valence-corrected chi connectivity index (χ1v) is 21.4. The van der Waals surface area contributed by atoms with E-state index in [4.69, 9.17) is 19.9 Å². The fraction of sp³-hybridized carbons (Fsp3) is 0.217. The van der Waals surface area contributed by atoms with Crippen molar-refractivity contribution < 1.29 is 34.3 Å². The zero-order valence-electron chi connectivity index (χ0n) is 33.6. The van der Waals surface area contributed by atoms with Crippen LogP contribution in [0, 0.1) is 0 Å². The van der Waals surface area contributed by atoms with Crippen molar-refractivity contribution in [2.24, 2.45) is 5.16 Å². The Bertz CT molecular complexity index is 2790. The number of fused-ring (bicyclic) bond motifs is 6. The highest BCUT2D eigenvalue weighted by molar-refractivity contribution is 7.12. The van der Waals surface area contributed by atoms with Gasteiger partial charge in [0.15, 0.2) is 5.78 Å². The van der Waals surface area contributed by atoms with Crippen LogP contribution in [0.5, 0.6) is 0 Å². The van der Waals surface area contributed by atoms with E-state index in [1.165, 1.54) is 27.7 Å². The Morgan fingerprint density at radius 2 is 1.00 bits per heavy atom. The van der Waals surface area contributed by atoms with Gasteiger partial charge in [-0.05, 0) is 123 Å². The van der Waals surface area contributed by atoms with Crippen LogP contribution in [-0.2, 0) is 22.6 Å². The molecular weight excluding hydrogens is 820 g/mol. The molecule has 0 fully saturated rings. The second kappa shape index (κ2) is 20.6. The van der Waals surface area contributed by atoms with Gasteiger partial charge in [0.05, 0.1) is 28.7 Å². The molecule has 0 saturated heterocycles. The molecule has 8 aromatic rings. The quantitative estimate of drug-likeness (QED) is 0.0245. The third kappa shape index (κ3) is 9.59. The molecule has 11 nitrogen and oxygen atoms in total. The predicted octanol–water partition coefficient (Wildman–Crippen LogP) is 10.8. The monoisotopic (exact) mass is 864 g/mol. The number of ether oxygens (including phenoxy) is 2. The van der Waals surface area contributed by atoms with Gasteiger partial charge < -0.3 is 29.0 Å². The summed E-state index contributed by atoms with van der Waals surface area (Å²) in [5, 5.41) is 27.4. The molecule has 0 saturated carbocycles. The lowest BCUT2D eigenvalue weighted by molar-refractivity contribution is 0.101. The van der Waals surface area contributed by atoms with E-state index in [9.17, 15) is 14.4 Å². The molecule has 310 valence electrons. The molecule has 0 unspecified atom stereocenters. The minimum Gasteiger partial charge on any atom is -0.411 e. The number of aromatic nitrogens is 2. The summed E-state index contributed by atoms with van der Waals surface area (Å²) in [6, 6.07) is 30.9. The lowest BCUT2D eigenvalue weighted by atomic mass is 10.0. The Kier molecular flexibility index (Phi) is 15.2. The number of hydrogen-bond donors (Lipinski definition) is 3. The van der Waals surface area contributed by atoms with Crippen molar-refractivity contribution in [2.75, 3.05) is 26.4 Å². The zero-order chi connectivity index (χ0) is 42.8. The molecule has 8 rings (SSSR count). The highest BCUT2D eigenvalue weighted by Crippen LogP contribution is 2.33. The Hall–Kier alpha value is -5.51. The van der Waals surface area contributed by atoms with Gasteiger partial charge in [0.2, 0.25) is 11.6 Å². The average Bonchev–Trinajstić information content (AvgIpc) is 4.10. The summed E-state index contributed by atoms with van der Waals surface area (Å²) in [4.78, 5) is 40.2. The van der Waals surface area contributed by atoms with Crippen molar-refractivity contribution in [3.63, 3.8) is 0 Å². The molecule has 0 atom stereocenters. The van der Waals surface area contributed by atoms with Crippen molar-refractivity contribution in [1.82, 2.24) is 14.1 Å². The topological polar surface area (TPSA) is 144 Å². The van der Waals surface area contributed by atoms with Crippen LogP contribution in [0.15, 0.2) is 113 Å². The van der Waals surface area contributed by atoms with Gasteiger partial charge in [0, 0.05) is 98.4 Å². The number of carbonyl (C=O) groups excluding carboxylic acids is 3. The standard InChI is InChI=1S/C23H22N2O3S.C23H21NO3S.ClH2NO/c1-3-28-11-10-25-20-8-6-16(15(2)24-27)13-18(20)19-14-17(7-9-21(19)25)23(26)22-5-4-12-29-22;1-3-27-11-10-24-20-8-6-16(15(2)25)13-18(20)19-14-17(7-9-21(19)24)23(26)22-5-4-12-28-22;1-2-3/h4-9,12-14,27H,3,10-11H2,1-2H3;4-9,12-14H,3,10-11H2,1-2H3;2-3H/b24-15+;;. The molecule has 0 radical (unpaired) electrons.